The summed E-state index contributed by atoms with van der Waals surface area (Å²) in [5.74, 6) is 1.94. The van der Waals surface area contributed by atoms with Crippen molar-refractivity contribution in [3.8, 4) is 0 Å². The summed E-state index contributed by atoms with van der Waals surface area (Å²) < 4.78 is 28.5. The van der Waals surface area contributed by atoms with Crippen molar-refractivity contribution in [3.63, 3.8) is 0 Å². The van der Waals surface area contributed by atoms with Gasteiger partial charge in [0, 0.05) is 19.2 Å². The molecule has 1 aliphatic heterocycles. The lowest BCUT2D eigenvalue weighted by molar-refractivity contribution is 0.245. The average Bonchev–Trinajstić information content (AvgIpc) is 2.75. The van der Waals surface area contributed by atoms with Crippen molar-refractivity contribution in [2.24, 2.45) is 5.92 Å². The molecule has 1 fully saturated rings. The summed E-state index contributed by atoms with van der Waals surface area (Å²) in [6, 6.07) is 1.95. The van der Waals surface area contributed by atoms with Gasteiger partial charge in [-0.2, -0.15) is 0 Å². The van der Waals surface area contributed by atoms with E-state index >= 15 is 0 Å². The van der Waals surface area contributed by atoms with Crippen LogP contribution in [0.15, 0.2) is 10.6 Å². The largest absolute Gasteiger partial charge is 0.360 e. The van der Waals surface area contributed by atoms with E-state index in [4.69, 9.17) is 4.52 Å². The van der Waals surface area contributed by atoms with E-state index < -0.39 is 9.84 Å². The van der Waals surface area contributed by atoms with Crippen LogP contribution in [0.2, 0.25) is 0 Å². The molecule has 1 aliphatic rings. The highest BCUT2D eigenvalue weighted by atomic mass is 32.2. The van der Waals surface area contributed by atoms with E-state index in [-0.39, 0.29) is 5.75 Å². The standard InChI is InChI=1S/C14H25N3O3S/c1-12(2)9-15-10-13-8-14(20-16-13)11-17-4-3-6-21(18,19)7-5-17/h8,12,15H,3-7,9-11H2,1-2H3. The molecule has 21 heavy (non-hydrogen) atoms. The molecule has 0 saturated carbocycles. The van der Waals surface area contributed by atoms with Crippen LogP contribution in [0, 0.1) is 5.92 Å². The maximum Gasteiger partial charge on any atom is 0.151 e. The quantitative estimate of drug-likeness (QED) is 0.845. The zero-order chi connectivity index (χ0) is 15.3. The lowest BCUT2D eigenvalue weighted by atomic mass is 10.2. The van der Waals surface area contributed by atoms with Gasteiger partial charge in [-0.3, -0.25) is 4.90 Å². The minimum absolute atomic E-state index is 0.240. The molecule has 0 amide bonds. The fourth-order valence-corrected chi connectivity index (χ4v) is 3.68. The fourth-order valence-electron chi connectivity index (χ4n) is 2.37. The SMILES string of the molecule is CC(C)CNCc1cc(CN2CCCS(=O)(=O)CC2)on1. The normalized spacial score (nSPS) is 19.8. The highest BCUT2D eigenvalue weighted by molar-refractivity contribution is 7.91. The zero-order valence-electron chi connectivity index (χ0n) is 12.8. The second-order valence-electron chi connectivity index (χ2n) is 6.09. The van der Waals surface area contributed by atoms with E-state index in [1.807, 2.05) is 6.07 Å². The van der Waals surface area contributed by atoms with Crippen molar-refractivity contribution in [1.82, 2.24) is 15.4 Å². The molecule has 0 aliphatic carbocycles. The first-order chi connectivity index (χ1) is 9.94. The Kier molecular flexibility index (Phi) is 5.78. The van der Waals surface area contributed by atoms with Crippen molar-refractivity contribution in [1.29, 1.82) is 0 Å². The van der Waals surface area contributed by atoms with Crippen LogP contribution in [0.25, 0.3) is 0 Å². The molecule has 7 heteroatoms. The Balaban J connectivity index is 1.82. The smallest absolute Gasteiger partial charge is 0.151 e. The van der Waals surface area contributed by atoms with Crippen molar-refractivity contribution >= 4 is 9.84 Å². The number of hydrogen-bond acceptors (Lipinski definition) is 6. The van der Waals surface area contributed by atoms with E-state index in [9.17, 15) is 8.42 Å². The van der Waals surface area contributed by atoms with Gasteiger partial charge in [0.2, 0.25) is 0 Å². The molecule has 0 spiro atoms. The second kappa shape index (κ2) is 7.38. The maximum absolute atomic E-state index is 11.6. The first-order valence-electron chi connectivity index (χ1n) is 7.52. The molecule has 120 valence electrons. The zero-order valence-corrected chi connectivity index (χ0v) is 13.7. The number of aromatic nitrogens is 1. The van der Waals surface area contributed by atoms with Crippen molar-refractivity contribution in [2.45, 2.75) is 33.4 Å². The molecule has 1 aromatic heterocycles. The predicted octanol–water partition coefficient (Wildman–Crippen LogP) is 1.04. The molecule has 1 N–H and O–H groups in total. The summed E-state index contributed by atoms with van der Waals surface area (Å²) in [6.45, 7) is 7.98. The maximum atomic E-state index is 11.6. The molecule has 1 aromatic rings. The number of sulfone groups is 1. The monoisotopic (exact) mass is 315 g/mol. The lowest BCUT2D eigenvalue weighted by Gasteiger charge is -2.16. The van der Waals surface area contributed by atoms with Crippen molar-refractivity contribution in [2.75, 3.05) is 31.1 Å². The molecule has 1 saturated heterocycles. The minimum atomic E-state index is -2.86. The first kappa shape index (κ1) is 16.5. The third kappa shape index (κ3) is 5.76. The summed E-state index contributed by atoms with van der Waals surface area (Å²) in [6.07, 6.45) is 0.694. The van der Waals surface area contributed by atoms with Crippen LogP contribution in [0.4, 0.5) is 0 Å². The second-order valence-corrected chi connectivity index (χ2v) is 8.39. The third-order valence-electron chi connectivity index (χ3n) is 3.49. The van der Waals surface area contributed by atoms with Crippen LogP contribution in [-0.2, 0) is 22.9 Å². The van der Waals surface area contributed by atoms with E-state index in [0.717, 1.165) is 24.5 Å². The number of rotatable bonds is 6. The van der Waals surface area contributed by atoms with Gasteiger partial charge in [-0.05, 0) is 25.4 Å². The van der Waals surface area contributed by atoms with Gasteiger partial charge in [-0.1, -0.05) is 19.0 Å². The molecule has 6 nitrogen and oxygen atoms in total. The fraction of sp³-hybridized carbons (Fsp3) is 0.786. The summed E-state index contributed by atoms with van der Waals surface area (Å²) in [5, 5.41) is 7.37. The molecule has 0 atom stereocenters. The van der Waals surface area contributed by atoms with Crippen LogP contribution in [-0.4, -0.2) is 49.6 Å². The molecule has 0 unspecified atom stereocenters. The Bertz CT molecular complexity index is 539. The Morgan fingerprint density at radius 1 is 1.38 bits per heavy atom. The van der Waals surface area contributed by atoms with E-state index in [1.54, 1.807) is 0 Å². The Morgan fingerprint density at radius 2 is 2.19 bits per heavy atom. The number of nitrogens with zero attached hydrogens (tertiary/aromatic N) is 2. The summed E-state index contributed by atoms with van der Waals surface area (Å²) in [5.41, 5.74) is 0.896. The van der Waals surface area contributed by atoms with E-state index in [1.165, 1.54) is 0 Å². The Labute approximate surface area is 126 Å². The van der Waals surface area contributed by atoms with Crippen molar-refractivity contribution in [3.05, 3.63) is 17.5 Å². The summed E-state index contributed by atoms with van der Waals surface area (Å²) in [7, 11) is -2.86. The van der Waals surface area contributed by atoms with Gasteiger partial charge in [0.25, 0.3) is 0 Å². The average molecular weight is 315 g/mol. The van der Waals surface area contributed by atoms with Crippen LogP contribution >= 0.6 is 0 Å². The third-order valence-corrected chi connectivity index (χ3v) is 5.21. The van der Waals surface area contributed by atoms with Crippen LogP contribution in [0.1, 0.15) is 31.7 Å². The molecule has 2 heterocycles. The van der Waals surface area contributed by atoms with Gasteiger partial charge >= 0.3 is 0 Å². The Morgan fingerprint density at radius 3 is 2.95 bits per heavy atom. The van der Waals surface area contributed by atoms with Crippen molar-refractivity contribution < 1.29 is 12.9 Å². The first-order valence-corrected chi connectivity index (χ1v) is 9.35. The minimum Gasteiger partial charge on any atom is -0.360 e. The highest BCUT2D eigenvalue weighted by Gasteiger charge is 2.20. The van der Waals surface area contributed by atoms with Gasteiger partial charge < -0.3 is 9.84 Å². The lowest BCUT2D eigenvalue weighted by Crippen LogP contribution is -2.26. The van der Waals surface area contributed by atoms with Crippen LogP contribution in [0.3, 0.4) is 0 Å². The Hall–Kier alpha value is -0.920. The van der Waals surface area contributed by atoms with Crippen LogP contribution in [0.5, 0.6) is 0 Å². The van der Waals surface area contributed by atoms with E-state index in [2.05, 4.69) is 29.2 Å². The van der Waals surface area contributed by atoms with Gasteiger partial charge in [-0.25, -0.2) is 8.42 Å². The molecular formula is C14H25N3O3S. The molecule has 2 rings (SSSR count). The highest BCUT2D eigenvalue weighted by Crippen LogP contribution is 2.11. The number of hydrogen-bond donors (Lipinski definition) is 1. The predicted molar refractivity (Wildman–Crippen MR) is 81.6 cm³/mol. The van der Waals surface area contributed by atoms with Gasteiger partial charge in [0.1, 0.15) is 0 Å². The molecule has 0 aromatic carbocycles. The van der Waals surface area contributed by atoms with Gasteiger partial charge in [-0.15, -0.1) is 0 Å². The number of nitrogens with one attached hydrogen (secondary N) is 1. The van der Waals surface area contributed by atoms with E-state index in [0.29, 0.717) is 37.7 Å². The van der Waals surface area contributed by atoms with Crippen LogP contribution < -0.4 is 5.32 Å². The van der Waals surface area contributed by atoms with Gasteiger partial charge in [0.15, 0.2) is 15.6 Å². The molecular weight excluding hydrogens is 290 g/mol. The molecule has 0 bridgehead atoms. The van der Waals surface area contributed by atoms with Gasteiger partial charge in [0.05, 0.1) is 23.7 Å². The summed E-state index contributed by atoms with van der Waals surface area (Å²) >= 11 is 0. The topological polar surface area (TPSA) is 75.4 Å². The molecule has 0 radical (unpaired) electrons. The summed E-state index contributed by atoms with van der Waals surface area (Å²) in [4.78, 5) is 2.12.